The molecule has 2 aromatic carbocycles. The minimum Gasteiger partial charge on any atom is -0.293 e. The molecule has 0 fully saturated rings. The standard InChI is InChI=1S/C15H14N4O2/c16-18-14(20)11-7-9-5-1-3-8-4-2-6-10(12(8)9)13(11)15(21)19-17/h1-7,13H,16-17H2,(H,18,20)(H,19,21). The first-order valence-corrected chi connectivity index (χ1v) is 6.42. The number of carbonyl (C=O) groups excluding carboxylic acids is 2. The van der Waals surface area contributed by atoms with E-state index in [1.807, 2.05) is 36.4 Å². The molecular weight excluding hydrogens is 268 g/mol. The van der Waals surface area contributed by atoms with E-state index in [1.165, 1.54) is 0 Å². The van der Waals surface area contributed by atoms with Gasteiger partial charge in [-0.2, -0.15) is 0 Å². The largest absolute Gasteiger partial charge is 0.293 e. The van der Waals surface area contributed by atoms with Crippen molar-refractivity contribution in [3.8, 4) is 0 Å². The minimum atomic E-state index is -0.780. The van der Waals surface area contributed by atoms with Gasteiger partial charge in [0.25, 0.3) is 5.91 Å². The zero-order chi connectivity index (χ0) is 15.0. The molecule has 6 nitrogen and oxygen atoms in total. The number of carbonyl (C=O) groups is 2. The van der Waals surface area contributed by atoms with E-state index in [2.05, 4.69) is 10.9 Å². The third kappa shape index (κ3) is 1.97. The number of nitrogens with one attached hydrogen (secondary N) is 2. The summed E-state index contributed by atoms with van der Waals surface area (Å²) in [5.74, 6) is 8.75. The second kappa shape index (κ2) is 5.01. The molecule has 21 heavy (non-hydrogen) atoms. The zero-order valence-corrected chi connectivity index (χ0v) is 11.1. The van der Waals surface area contributed by atoms with Gasteiger partial charge in [-0.3, -0.25) is 20.4 Å². The van der Waals surface area contributed by atoms with E-state index in [4.69, 9.17) is 11.7 Å². The molecule has 0 spiro atoms. The molecule has 1 atom stereocenters. The topological polar surface area (TPSA) is 110 Å². The van der Waals surface area contributed by atoms with Crippen LogP contribution in [-0.2, 0) is 9.59 Å². The van der Waals surface area contributed by atoms with Crippen LogP contribution in [0.1, 0.15) is 17.0 Å². The van der Waals surface area contributed by atoms with Crippen molar-refractivity contribution < 1.29 is 9.59 Å². The van der Waals surface area contributed by atoms with Gasteiger partial charge in [-0.05, 0) is 28.0 Å². The second-order valence-corrected chi connectivity index (χ2v) is 4.81. The first-order chi connectivity index (χ1) is 10.2. The second-order valence-electron chi connectivity index (χ2n) is 4.81. The van der Waals surface area contributed by atoms with Crippen LogP contribution >= 0.6 is 0 Å². The van der Waals surface area contributed by atoms with Gasteiger partial charge in [-0.15, -0.1) is 0 Å². The van der Waals surface area contributed by atoms with Gasteiger partial charge < -0.3 is 0 Å². The zero-order valence-electron chi connectivity index (χ0n) is 11.1. The minimum absolute atomic E-state index is 0.270. The molecule has 0 saturated carbocycles. The average Bonchev–Trinajstić information content (AvgIpc) is 2.53. The Morgan fingerprint density at radius 2 is 1.71 bits per heavy atom. The molecule has 6 N–H and O–H groups in total. The summed E-state index contributed by atoms with van der Waals surface area (Å²) in [6, 6.07) is 11.4. The SMILES string of the molecule is NNC(=O)C1=Cc2cccc3cccc(c23)C1C(=O)NN. The van der Waals surface area contributed by atoms with Gasteiger partial charge >= 0.3 is 0 Å². The first-order valence-electron chi connectivity index (χ1n) is 6.42. The highest BCUT2D eigenvalue weighted by Crippen LogP contribution is 2.38. The predicted octanol–water partition coefficient (Wildman–Crippen LogP) is 0.300. The monoisotopic (exact) mass is 282 g/mol. The molecule has 2 amide bonds. The highest BCUT2D eigenvalue weighted by Gasteiger charge is 2.33. The van der Waals surface area contributed by atoms with Crippen molar-refractivity contribution in [3.05, 3.63) is 53.1 Å². The number of hydrazine groups is 2. The van der Waals surface area contributed by atoms with Crippen LogP contribution in [-0.4, -0.2) is 11.8 Å². The molecule has 0 bridgehead atoms. The van der Waals surface area contributed by atoms with Crippen LogP contribution in [0, 0.1) is 0 Å². The number of hydrogen-bond acceptors (Lipinski definition) is 4. The normalized spacial score (nSPS) is 16.3. The predicted molar refractivity (Wildman–Crippen MR) is 79.3 cm³/mol. The number of amides is 2. The van der Waals surface area contributed by atoms with Gasteiger partial charge in [-0.25, -0.2) is 11.7 Å². The molecule has 0 aromatic heterocycles. The highest BCUT2D eigenvalue weighted by atomic mass is 16.2. The van der Waals surface area contributed by atoms with Crippen LogP contribution in [0.5, 0.6) is 0 Å². The molecule has 106 valence electrons. The maximum absolute atomic E-state index is 12.1. The lowest BCUT2D eigenvalue weighted by Gasteiger charge is -2.25. The van der Waals surface area contributed by atoms with Gasteiger partial charge in [0.15, 0.2) is 0 Å². The van der Waals surface area contributed by atoms with E-state index in [-0.39, 0.29) is 5.57 Å². The van der Waals surface area contributed by atoms with Gasteiger partial charge in [0.2, 0.25) is 5.91 Å². The van der Waals surface area contributed by atoms with Crippen molar-refractivity contribution in [3.63, 3.8) is 0 Å². The maximum atomic E-state index is 12.1. The molecule has 1 aliphatic rings. The van der Waals surface area contributed by atoms with Crippen molar-refractivity contribution in [2.75, 3.05) is 0 Å². The smallest absolute Gasteiger partial charge is 0.262 e. The fourth-order valence-corrected chi connectivity index (χ4v) is 2.82. The van der Waals surface area contributed by atoms with Crippen LogP contribution in [0.25, 0.3) is 16.8 Å². The average molecular weight is 282 g/mol. The summed E-state index contributed by atoms with van der Waals surface area (Å²) in [6.45, 7) is 0. The summed E-state index contributed by atoms with van der Waals surface area (Å²) in [5.41, 5.74) is 6.09. The van der Waals surface area contributed by atoms with Crippen LogP contribution in [0.4, 0.5) is 0 Å². The van der Waals surface area contributed by atoms with E-state index < -0.39 is 17.7 Å². The lowest BCUT2D eigenvalue weighted by molar-refractivity contribution is -0.124. The summed E-state index contributed by atoms with van der Waals surface area (Å²) < 4.78 is 0. The first kappa shape index (κ1) is 13.3. The number of rotatable bonds is 2. The third-order valence-electron chi connectivity index (χ3n) is 3.70. The van der Waals surface area contributed by atoms with E-state index in [1.54, 1.807) is 6.08 Å². The third-order valence-corrected chi connectivity index (χ3v) is 3.70. The Hall–Kier alpha value is -2.70. The Morgan fingerprint density at radius 3 is 2.38 bits per heavy atom. The molecule has 0 saturated heterocycles. The van der Waals surface area contributed by atoms with E-state index >= 15 is 0 Å². The van der Waals surface area contributed by atoms with Gasteiger partial charge in [0.1, 0.15) is 0 Å². The number of hydrogen-bond donors (Lipinski definition) is 4. The Balaban J connectivity index is 2.33. The molecule has 0 radical (unpaired) electrons. The fourth-order valence-electron chi connectivity index (χ4n) is 2.82. The summed E-state index contributed by atoms with van der Waals surface area (Å²) in [5, 5.41) is 1.95. The Bertz CT molecular complexity index is 777. The Kier molecular flexibility index (Phi) is 3.17. The Labute approximate surface area is 120 Å². The van der Waals surface area contributed by atoms with Crippen molar-refractivity contribution in [2.45, 2.75) is 5.92 Å². The van der Waals surface area contributed by atoms with Crippen molar-refractivity contribution in [2.24, 2.45) is 11.7 Å². The van der Waals surface area contributed by atoms with Crippen LogP contribution < -0.4 is 22.5 Å². The van der Waals surface area contributed by atoms with Crippen molar-refractivity contribution in [1.29, 1.82) is 0 Å². The van der Waals surface area contributed by atoms with Gasteiger partial charge in [0.05, 0.1) is 5.92 Å². The summed E-state index contributed by atoms with van der Waals surface area (Å²) in [4.78, 5) is 24.2. The van der Waals surface area contributed by atoms with Crippen LogP contribution in [0.2, 0.25) is 0 Å². The van der Waals surface area contributed by atoms with E-state index in [9.17, 15) is 9.59 Å². The van der Waals surface area contributed by atoms with Crippen molar-refractivity contribution >= 4 is 28.7 Å². The molecule has 1 aliphatic carbocycles. The van der Waals surface area contributed by atoms with E-state index in [0.717, 1.165) is 21.9 Å². The van der Waals surface area contributed by atoms with Crippen LogP contribution in [0.15, 0.2) is 42.0 Å². The molecule has 6 heteroatoms. The Morgan fingerprint density at radius 1 is 1.00 bits per heavy atom. The quantitative estimate of drug-likeness (QED) is 0.361. The van der Waals surface area contributed by atoms with Crippen molar-refractivity contribution in [1.82, 2.24) is 10.9 Å². The van der Waals surface area contributed by atoms with E-state index in [0.29, 0.717) is 0 Å². The summed E-state index contributed by atoms with van der Waals surface area (Å²) in [7, 11) is 0. The molecule has 3 rings (SSSR count). The lowest BCUT2D eigenvalue weighted by Crippen LogP contribution is -2.41. The molecular formula is C15H14N4O2. The van der Waals surface area contributed by atoms with Gasteiger partial charge in [-0.1, -0.05) is 36.4 Å². The molecule has 1 unspecified atom stereocenters. The summed E-state index contributed by atoms with van der Waals surface area (Å²) in [6.07, 6.45) is 1.68. The highest BCUT2D eigenvalue weighted by molar-refractivity contribution is 6.12. The van der Waals surface area contributed by atoms with Gasteiger partial charge in [0, 0.05) is 5.57 Å². The van der Waals surface area contributed by atoms with Crippen LogP contribution in [0.3, 0.4) is 0 Å². The molecule has 0 aliphatic heterocycles. The summed E-state index contributed by atoms with van der Waals surface area (Å²) >= 11 is 0. The number of benzene rings is 2. The maximum Gasteiger partial charge on any atom is 0.262 e. The fraction of sp³-hybridized carbons (Fsp3) is 0.0667. The lowest BCUT2D eigenvalue weighted by atomic mass is 9.80. The number of nitrogens with two attached hydrogens (primary N) is 2. The molecule has 0 heterocycles. The molecule has 2 aromatic rings.